The van der Waals surface area contributed by atoms with Crippen molar-refractivity contribution in [1.82, 2.24) is 4.98 Å². The molecule has 0 unspecified atom stereocenters. The van der Waals surface area contributed by atoms with Gasteiger partial charge in [0.25, 0.3) is 0 Å². The lowest BCUT2D eigenvalue weighted by molar-refractivity contribution is 0.686. The smallest absolute Gasteiger partial charge is 0.0740 e. The quantitative estimate of drug-likeness (QED) is 0.587. The molecule has 0 amide bonds. The Balaban J connectivity index is 1.66. The molecule has 0 bridgehead atoms. The monoisotopic (exact) mass is 311 g/mol. The Morgan fingerprint density at radius 1 is 0.667 bits per heavy atom. The molecule has 2 aliphatic carbocycles. The molecule has 1 heterocycles. The third-order valence-corrected chi connectivity index (χ3v) is 5.63. The highest BCUT2D eigenvalue weighted by Gasteiger charge is 2.20. The van der Waals surface area contributed by atoms with E-state index in [9.17, 15) is 0 Å². The summed E-state index contributed by atoms with van der Waals surface area (Å²) in [5.41, 5.74) is 11.2. The second kappa shape index (κ2) is 5.59. The number of hydrogen-bond acceptors (Lipinski definition) is 1. The summed E-state index contributed by atoms with van der Waals surface area (Å²) in [5, 5.41) is 0. The Morgan fingerprint density at radius 2 is 1.54 bits per heavy atom. The van der Waals surface area contributed by atoms with Crippen LogP contribution in [0.1, 0.15) is 35.1 Å². The average Bonchev–Trinajstić information content (AvgIpc) is 2.67. The molecule has 5 rings (SSSR count). The first-order chi connectivity index (χ1) is 11.9. The van der Waals surface area contributed by atoms with Crippen molar-refractivity contribution in [1.29, 1.82) is 0 Å². The standard InChI is InChI=1S/C23H21N/c1-2-7-18-15-19(10-9-16(18)5-1)23-22-12-11-17-6-3-4-8-20(17)21(22)13-14-24-23/h3-4,6,8-10,13-15H,1-2,5,7,11-12H2. The molecular weight excluding hydrogens is 290 g/mol. The number of rotatable bonds is 1. The zero-order valence-corrected chi connectivity index (χ0v) is 13.9. The van der Waals surface area contributed by atoms with Crippen LogP contribution in [0, 0.1) is 0 Å². The van der Waals surface area contributed by atoms with Crippen LogP contribution in [0.15, 0.2) is 54.7 Å². The third-order valence-electron chi connectivity index (χ3n) is 5.63. The maximum atomic E-state index is 4.78. The van der Waals surface area contributed by atoms with Crippen molar-refractivity contribution in [2.75, 3.05) is 0 Å². The summed E-state index contributed by atoms with van der Waals surface area (Å²) < 4.78 is 0. The van der Waals surface area contributed by atoms with Gasteiger partial charge in [0.15, 0.2) is 0 Å². The number of aryl methyl sites for hydroxylation is 3. The first kappa shape index (κ1) is 14.0. The van der Waals surface area contributed by atoms with E-state index in [1.165, 1.54) is 64.8 Å². The van der Waals surface area contributed by atoms with Crippen LogP contribution in [0.3, 0.4) is 0 Å². The molecule has 24 heavy (non-hydrogen) atoms. The molecule has 0 radical (unpaired) electrons. The van der Waals surface area contributed by atoms with Gasteiger partial charge in [-0.2, -0.15) is 0 Å². The minimum absolute atomic E-state index is 1.09. The van der Waals surface area contributed by atoms with E-state index in [4.69, 9.17) is 4.98 Å². The molecule has 0 fully saturated rings. The fourth-order valence-corrected chi connectivity index (χ4v) is 4.39. The Bertz CT molecular complexity index is 923. The van der Waals surface area contributed by atoms with E-state index in [1.807, 2.05) is 6.20 Å². The SMILES string of the molecule is c1ccc2c(c1)CCc1c-2ccnc1-c1ccc2c(c1)CCCC2. The molecular formula is C23H21N. The Labute approximate surface area is 143 Å². The van der Waals surface area contributed by atoms with Gasteiger partial charge in [-0.1, -0.05) is 36.4 Å². The molecule has 1 heteroatoms. The van der Waals surface area contributed by atoms with Crippen molar-refractivity contribution in [3.63, 3.8) is 0 Å². The van der Waals surface area contributed by atoms with Gasteiger partial charge in [0.05, 0.1) is 5.69 Å². The van der Waals surface area contributed by atoms with E-state index in [0.29, 0.717) is 0 Å². The van der Waals surface area contributed by atoms with Crippen LogP contribution in [0.2, 0.25) is 0 Å². The molecule has 3 aromatic rings. The van der Waals surface area contributed by atoms with E-state index >= 15 is 0 Å². The Morgan fingerprint density at radius 3 is 2.50 bits per heavy atom. The second-order valence-electron chi connectivity index (χ2n) is 7.03. The van der Waals surface area contributed by atoms with Crippen LogP contribution in [0.4, 0.5) is 0 Å². The van der Waals surface area contributed by atoms with Gasteiger partial charge in [-0.15, -0.1) is 0 Å². The molecule has 0 atom stereocenters. The Kier molecular flexibility index (Phi) is 3.26. The van der Waals surface area contributed by atoms with Crippen LogP contribution in [-0.4, -0.2) is 4.98 Å². The van der Waals surface area contributed by atoms with Crippen molar-refractivity contribution in [3.8, 4) is 22.4 Å². The van der Waals surface area contributed by atoms with Crippen molar-refractivity contribution in [2.24, 2.45) is 0 Å². The van der Waals surface area contributed by atoms with Crippen molar-refractivity contribution in [2.45, 2.75) is 38.5 Å². The second-order valence-corrected chi connectivity index (χ2v) is 7.03. The zero-order chi connectivity index (χ0) is 15.9. The third kappa shape index (κ3) is 2.19. The first-order valence-electron chi connectivity index (χ1n) is 9.08. The largest absolute Gasteiger partial charge is 0.256 e. The maximum absolute atomic E-state index is 4.78. The highest BCUT2D eigenvalue weighted by Crippen LogP contribution is 2.38. The molecule has 0 aliphatic heterocycles. The fourth-order valence-electron chi connectivity index (χ4n) is 4.39. The number of hydrogen-bond donors (Lipinski definition) is 0. The minimum atomic E-state index is 1.09. The summed E-state index contributed by atoms with van der Waals surface area (Å²) in [4.78, 5) is 4.78. The van der Waals surface area contributed by atoms with Crippen molar-refractivity contribution >= 4 is 0 Å². The van der Waals surface area contributed by atoms with Gasteiger partial charge < -0.3 is 0 Å². The van der Waals surface area contributed by atoms with Gasteiger partial charge in [0.1, 0.15) is 0 Å². The van der Waals surface area contributed by atoms with Gasteiger partial charge in [-0.25, -0.2) is 0 Å². The van der Waals surface area contributed by atoms with Crippen LogP contribution < -0.4 is 0 Å². The van der Waals surface area contributed by atoms with Crippen LogP contribution in [-0.2, 0) is 25.7 Å². The lowest BCUT2D eigenvalue weighted by Crippen LogP contribution is -2.07. The van der Waals surface area contributed by atoms with Crippen LogP contribution in [0.25, 0.3) is 22.4 Å². The number of nitrogens with zero attached hydrogens (tertiary/aromatic N) is 1. The molecule has 1 nitrogen and oxygen atoms in total. The topological polar surface area (TPSA) is 12.9 Å². The summed E-state index contributed by atoms with van der Waals surface area (Å²) in [6, 6.07) is 18.0. The number of benzene rings is 2. The number of pyridine rings is 1. The lowest BCUT2D eigenvalue weighted by atomic mass is 9.83. The minimum Gasteiger partial charge on any atom is -0.256 e. The molecule has 118 valence electrons. The first-order valence-corrected chi connectivity index (χ1v) is 9.08. The fraction of sp³-hybridized carbons (Fsp3) is 0.261. The molecule has 0 saturated heterocycles. The molecule has 0 spiro atoms. The highest BCUT2D eigenvalue weighted by molar-refractivity contribution is 5.79. The molecule has 0 N–H and O–H groups in total. The van der Waals surface area contributed by atoms with E-state index in [1.54, 1.807) is 5.56 Å². The van der Waals surface area contributed by atoms with E-state index in [2.05, 4.69) is 48.5 Å². The van der Waals surface area contributed by atoms with Gasteiger partial charge >= 0.3 is 0 Å². The lowest BCUT2D eigenvalue weighted by Gasteiger charge is -2.23. The summed E-state index contributed by atoms with van der Waals surface area (Å²) >= 11 is 0. The van der Waals surface area contributed by atoms with Crippen LogP contribution >= 0.6 is 0 Å². The molecule has 0 saturated carbocycles. The zero-order valence-electron chi connectivity index (χ0n) is 13.9. The van der Waals surface area contributed by atoms with E-state index in [-0.39, 0.29) is 0 Å². The van der Waals surface area contributed by atoms with Crippen molar-refractivity contribution in [3.05, 3.63) is 77.0 Å². The normalized spacial score (nSPS) is 15.3. The predicted molar refractivity (Wildman–Crippen MR) is 99.2 cm³/mol. The van der Waals surface area contributed by atoms with Gasteiger partial charge in [0, 0.05) is 11.8 Å². The highest BCUT2D eigenvalue weighted by atomic mass is 14.7. The van der Waals surface area contributed by atoms with Gasteiger partial charge in [-0.05, 0) is 84.0 Å². The number of fused-ring (bicyclic) bond motifs is 4. The summed E-state index contributed by atoms with van der Waals surface area (Å²) in [5.74, 6) is 0. The van der Waals surface area contributed by atoms with Gasteiger partial charge in [0.2, 0.25) is 0 Å². The number of aromatic nitrogens is 1. The molecule has 2 aromatic carbocycles. The summed E-state index contributed by atoms with van der Waals surface area (Å²) in [6.07, 6.45) is 9.31. The van der Waals surface area contributed by atoms with Gasteiger partial charge in [-0.3, -0.25) is 4.98 Å². The van der Waals surface area contributed by atoms with E-state index < -0.39 is 0 Å². The van der Waals surface area contributed by atoms with Crippen molar-refractivity contribution < 1.29 is 0 Å². The maximum Gasteiger partial charge on any atom is 0.0740 e. The Hall–Kier alpha value is -2.41. The predicted octanol–water partition coefficient (Wildman–Crippen LogP) is 5.39. The summed E-state index contributed by atoms with van der Waals surface area (Å²) in [6.45, 7) is 0. The average molecular weight is 311 g/mol. The van der Waals surface area contributed by atoms with Crippen LogP contribution in [0.5, 0.6) is 0 Å². The van der Waals surface area contributed by atoms with E-state index in [0.717, 1.165) is 12.8 Å². The summed E-state index contributed by atoms with van der Waals surface area (Å²) in [7, 11) is 0. The molecule has 1 aromatic heterocycles. The molecule has 2 aliphatic rings.